The molecule has 0 bridgehead atoms. The molecule has 1 aliphatic rings. The second-order valence-electron chi connectivity index (χ2n) is 5.90. The average Bonchev–Trinajstić information content (AvgIpc) is 2.10. The molecule has 1 unspecified atom stereocenters. The average molecular weight is 220 g/mol. The minimum atomic E-state index is 0.0192. The molecule has 0 aromatic rings. The largest absolute Gasteiger partial charge is 0.290 e. The third kappa shape index (κ3) is 2.45. The Hall–Kier alpha value is -0.850. The molecule has 90 valence electrons. The molecule has 0 fully saturated rings. The van der Waals surface area contributed by atoms with Gasteiger partial charge in [0.1, 0.15) is 0 Å². The van der Waals surface area contributed by atoms with E-state index in [9.17, 15) is 4.79 Å². The zero-order valence-corrected chi connectivity index (χ0v) is 11.5. The molecule has 0 saturated heterocycles. The summed E-state index contributed by atoms with van der Waals surface area (Å²) in [5.41, 5.74) is 3.43. The maximum Gasteiger partial charge on any atom is 0.182 e. The molecular weight excluding hydrogens is 196 g/mol. The lowest BCUT2D eigenvalue weighted by molar-refractivity contribution is -0.112. The van der Waals surface area contributed by atoms with Crippen LogP contribution in [0.1, 0.15) is 54.4 Å². The Balaban J connectivity index is 3.17. The number of carbonyl (C=O) groups excluding carboxylic acids is 1. The quantitative estimate of drug-likeness (QED) is 0.634. The molecule has 0 aromatic heterocycles. The van der Waals surface area contributed by atoms with Crippen molar-refractivity contribution in [3.05, 3.63) is 22.8 Å². The third-order valence-corrected chi connectivity index (χ3v) is 3.92. The summed E-state index contributed by atoms with van der Waals surface area (Å²) >= 11 is 0. The van der Waals surface area contributed by atoms with Crippen LogP contribution in [0.3, 0.4) is 0 Å². The molecule has 0 amide bonds. The Morgan fingerprint density at radius 1 is 1.38 bits per heavy atom. The summed E-state index contributed by atoms with van der Waals surface area (Å²) in [6, 6.07) is 0. The van der Waals surface area contributed by atoms with Gasteiger partial charge in [-0.2, -0.15) is 0 Å². The van der Waals surface area contributed by atoms with Crippen molar-refractivity contribution >= 4 is 5.78 Å². The highest BCUT2D eigenvalue weighted by molar-refractivity contribution is 6.05. The van der Waals surface area contributed by atoms with E-state index in [-0.39, 0.29) is 11.2 Å². The standard InChI is InChI=1S/C15H24O/c1-10(2)9-13(16)14-11(3)7-8-12(4)15(14,5)6/h9,12H,7-8H2,1-6H3. The van der Waals surface area contributed by atoms with E-state index in [2.05, 4.69) is 27.7 Å². The van der Waals surface area contributed by atoms with E-state index in [4.69, 9.17) is 0 Å². The summed E-state index contributed by atoms with van der Waals surface area (Å²) in [5.74, 6) is 0.801. The van der Waals surface area contributed by atoms with Gasteiger partial charge >= 0.3 is 0 Å². The van der Waals surface area contributed by atoms with Crippen LogP contribution in [0.15, 0.2) is 22.8 Å². The molecule has 1 aliphatic carbocycles. The SMILES string of the molecule is CC(C)=CC(=O)C1=C(C)CCC(C)C1(C)C. The zero-order chi connectivity index (χ0) is 12.5. The molecule has 1 heteroatoms. The molecule has 16 heavy (non-hydrogen) atoms. The fraction of sp³-hybridized carbons (Fsp3) is 0.667. The van der Waals surface area contributed by atoms with Crippen LogP contribution in [0.25, 0.3) is 0 Å². The Bertz CT molecular complexity index is 352. The number of allylic oxidation sites excluding steroid dienone is 4. The van der Waals surface area contributed by atoms with Gasteiger partial charge in [0.2, 0.25) is 0 Å². The van der Waals surface area contributed by atoms with Gasteiger partial charge in [0.05, 0.1) is 0 Å². The topological polar surface area (TPSA) is 17.1 Å². The van der Waals surface area contributed by atoms with E-state index in [1.54, 1.807) is 6.08 Å². The Labute approximate surface area is 99.6 Å². The maximum absolute atomic E-state index is 12.2. The van der Waals surface area contributed by atoms with Crippen molar-refractivity contribution in [2.45, 2.75) is 54.4 Å². The van der Waals surface area contributed by atoms with Gasteiger partial charge in [-0.1, -0.05) is 31.9 Å². The minimum Gasteiger partial charge on any atom is -0.290 e. The van der Waals surface area contributed by atoms with Crippen LogP contribution in [-0.2, 0) is 4.79 Å². The summed E-state index contributed by atoms with van der Waals surface area (Å²) in [5, 5.41) is 0. The van der Waals surface area contributed by atoms with Gasteiger partial charge in [0.15, 0.2) is 5.78 Å². The Kier molecular flexibility index (Phi) is 3.77. The van der Waals surface area contributed by atoms with Crippen molar-refractivity contribution in [3.63, 3.8) is 0 Å². The first-order valence-electron chi connectivity index (χ1n) is 6.16. The first kappa shape index (κ1) is 13.2. The molecule has 1 nitrogen and oxygen atoms in total. The molecule has 0 aliphatic heterocycles. The van der Waals surface area contributed by atoms with Gasteiger partial charge in [-0.15, -0.1) is 0 Å². The van der Waals surface area contributed by atoms with Gasteiger partial charge in [-0.3, -0.25) is 4.79 Å². The van der Waals surface area contributed by atoms with E-state index in [1.165, 1.54) is 12.0 Å². The van der Waals surface area contributed by atoms with Crippen molar-refractivity contribution in [2.24, 2.45) is 11.3 Å². The molecule has 0 saturated carbocycles. The van der Waals surface area contributed by atoms with Crippen molar-refractivity contribution in [3.8, 4) is 0 Å². The molecule has 0 spiro atoms. The fourth-order valence-electron chi connectivity index (χ4n) is 2.58. The highest BCUT2D eigenvalue weighted by Crippen LogP contribution is 2.44. The number of hydrogen-bond acceptors (Lipinski definition) is 1. The molecule has 0 aromatic carbocycles. The van der Waals surface area contributed by atoms with Gasteiger partial charge in [-0.05, 0) is 51.0 Å². The summed E-state index contributed by atoms with van der Waals surface area (Å²) in [6.45, 7) is 12.7. The van der Waals surface area contributed by atoms with Crippen LogP contribution in [-0.4, -0.2) is 5.78 Å². The summed E-state index contributed by atoms with van der Waals surface area (Å²) in [6.07, 6.45) is 4.05. The lowest BCUT2D eigenvalue weighted by Gasteiger charge is -2.39. The van der Waals surface area contributed by atoms with Gasteiger partial charge in [0, 0.05) is 5.57 Å². The molecular formula is C15H24O. The predicted octanol–water partition coefficient (Wildman–Crippen LogP) is 4.29. The fourth-order valence-corrected chi connectivity index (χ4v) is 2.58. The van der Waals surface area contributed by atoms with Gasteiger partial charge < -0.3 is 0 Å². The lowest BCUT2D eigenvalue weighted by atomic mass is 9.65. The summed E-state index contributed by atoms with van der Waals surface area (Å²) in [4.78, 5) is 12.2. The summed E-state index contributed by atoms with van der Waals surface area (Å²) < 4.78 is 0. The second-order valence-corrected chi connectivity index (χ2v) is 5.90. The first-order chi connectivity index (χ1) is 7.26. The van der Waals surface area contributed by atoms with E-state index in [0.29, 0.717) is 5.92 Å². The third-order valence-electron chi connectivity index (χ3n) is 3.92. The maximum atomic E-state index is 12.2. The second kappa shape index (κ2) is 4.57. The smallest absolute Gasteiger partial charge is 0.182 e. The predicted molar refractivity (Wildman–Crippen MR) is 69.3 cm³/mol. The van der Waals surface area contributed by atoms with E-state index in [0.717, 1.165) is 17.6 Å². The number of hydrogen-bond donors (Lipinski definition) is 0. The first-order valence-corrected chi connectivity index (χ1v) is 6.16. The molecule has 1 rings (SSSR count). The number of rotatable bonds is 2. The van der Waals surface area contributed by atoms with Crippen LogP contribution in [0, 0.1) is 11.3 Å². The van der Waals surface area contributed by atoms with E-state index < -0.39 is 0 Å². The molecule has 1 atom stereocenters. The molecule has 0 N–H and O–H groups in total. The molecule has 0 radical (unpaired) electrons. The van der Waals surface area contributed by atoms with Crippen LogP contribution >= 0.6 is 0 Å². The Morgan fingerprint density at radius 3 is 2.44 bits per heavy atom. The number of ketones is 1. The van der Waals surface area contributed by atoms with E-state index >= 15 is 0 Å². The van der Waals surface area contributed by atoms with Crippen LogP contribution in [0.4, 0.5) is 0 Å². The number of carbonyl (C=O) groups is 1. The van der Waals surface area contributed by atoms with Crippen molar-refractivity contribution < 1.29 is 4.79 Å². The van der Waals surface area contributed by atoms with Crippen molar-refractivity contribution in [2.75, 3.05) is 0 Å². The van der Waals surface area contributed by atoms with E-state index in [1.807, 2.05) is 13.8 Å². The van der Waals surface area contributed by atoms with Crippen LogP contribution in [0.2, 0.25) is 0 Å². The normalized spacial score (nSPS) is 24.2. The zero-order valence-electron chi connectivity index (χ0n) is 11.5. The molecule has 0 heterocycles. The van der Waals surface area contributed by atoms with Crippen molar-refractivity contribution in [1.29, 1.82) is 0 Å². The monoisotopic (exact) mass is 220 g/mol. The minimum absolute atomic E-state index is 0.0192. The Morgan fingerprint density at radius 2 is 1.94 bits per heavy atom. The van der Waals surface area contributed by atoms with Crippen LogP contribution in [0.5, 0.6) is 0 Å². The summed E-state index contributed by atoms with van der Waals surface area (Å²) in [7, 11) is 0. The van der Waals surface area contributed by atoms with Gasteiger partial charge in [-0.25, -0.2) is 0 Å². The van der Waals surface area contributed by atoms with Gasteiger partial charge in [0.25, 0.3) is 0 Å². The highest BCUT2D eigenvalue weighted by atomic mass is 16.1. The lowest BCUT2D eigenvalue weighted by Crippen LogP contribution is -2.32. The highest BCUT2D eigenvalue weighted by Gasteiger charge is 2.37. The van der Waals surface area contributed by atoms with Crippen LogP contribution < -0.4 is 0 Å². The van der Waals surface area contributed by atoms with Crippen molar-refractivity contribution in [1.82, 2.24) is 0 Å².